The number of aliphatic carboxylic acids is 1. The number of hydrogen-bond acceptors (Lipinski definition) is 4. The number of ether oxygens (including phenoxy) is 1. The summed E-state index contributed by atoms with van der Waals surface area (Å²) >= 11 is 0. The number of hydrogen-bond donors (Lipinski definition) is 1. The van der Waals surface area contributed by atoms with Crippen LogP contribution in [0.15, 0.2) is 0 Å². The molecule has 5 heteroatoms. The first-order valence-electron chi connectivity index (χ1n) is 7.93. The third kappa shape index (κ3) is 5.43. The SMILES string of the molecule is CCCOC(=O)C(C)CC(C)(CC(C)(CC)C(C)=O)C(=O)O. The van der Waals surface area contributed by atoms with Crippen molar-refractivity contribution in [1.29, 1.82) is 0 Å². The van der Waals surface area contributed by atoms with Gasteiger partial charge in [-0.25, -0.2) is 0 Å². The Labute approximate surface area is 133 Å². The minimum absolute atomic E-state index is 0.0244. The van der Waals surface area contributed by atoms with Gasteiger partial charge in [0.15, 0.2) is 0 Å². The highest BCUT2D eigenvalue weighted by molar-refractivity contribution is 5.84. The molecule has 0 saturated heterocycles. The van der Waals surface area contributed by atoms with E-state index < -0.39 is 22.7 Å². The van der Waals surface area contributed by atoms with Crippen molar-refractivity contribution >= 4 is 17.7 Å². The van der Waals surface area contributed by atoms with Gasteiger partial charge in [-0.15, -0.1) is 0 Å². The largest absolute Gasteiger partial charge is 0.481 e. The van der Waals surface area contributed by atoms with Crippen LogP contribution in [0.1, 0.15) is 67.2 Å². The topological polar surface area (TPSA) is 80.7 Å². The third-order valence-electron chi connectivity index (χ3n) is 4.53. The Kier molecular flexibility index (Phi) is 7.77. The van der Waals surface area contributed by atoms with Crippen molar-refractivity contribution in [3.8, 4) is 0 Å². The average Bonchev–Trinajstić information content (AvgIpc) is 2.43. The Morgan fingerprint density at radius 2 is 1.68 bits per heavy atom. The fourth-order valence-corrected chi connectivity index (χ4v) is 2.70. The molecule has 0 saturated carbocycles. The Morgan fingerprint density at radius 1 is 1.14 bits per heavy atom. The van der Waals surface area contributed by atoms with E-state index >= 15 is 0 Å². The van der Waals surface area contributed by atoms with Gasteiger partial charge in [0.1, 0.15) is 5.78 Å². The normalized spacial score (nSPS) is 17.9. The van der Waals surface area contributed by atoms with E-state index in [2.05, 4.69) is 0 Å². The standard InChI is InChI=1S/C17H30O5/c1-7-9-22-14(19)12(3)10-17(6,15(20)21)11-16(5,8-2)13(4)18/h12H,7-11H2,1-6H3,(H,20,21). The van der Waals surface area contributed by atoms with Gasteiger partial charge in [-0.2, -0.15) is 0 Å². The van der Waals surface area contributed by atoms with E-state index in [9.17, 15) is 19.5 Å². The zero-order valence-corrected chi connectivity index (χ0v) is 14.7. The first-order chi connectivity index (χ1) is 10.0. The van der Waals surface area contributed by atoms with Gasteiger partial charge < -0.3 is 9.84 Å². The molecule has 0 rings (SSSR count). The van der Waals surface area contributed by atoms with Crippen molar-refractivity contribution in [3.63, 3.8) is 0 Å². The fourth-order valence-electron chi connectivity index (χ4n) is 2.70. The smallest absolute Gasteiger partial charge is 0.309 e. The highest BCUT2D eigenvalue weighted by Crippen LogP contribution is 2.41. The highest BCUT2D eigenvalue weighted by Gasteiger charge is 2.44. The number of ketones is 1. The lowest BCUT2D eigenvalue weighted by atomic mass is 9.66. The third-order valence-corrected chi connectivity index (χ3v) is 4.53. The van der Waals surface area contributed by atoms with Crippen molar-refractivity contribution < 1.29 is 24.2 Å². The molecule has 0 fully saturated rings. The van der Waals surface area contributed by atoms with Crippen LogP contribution in [0.5, 0.6) is 0 Å². The zero-order chi connectivity index (χ0) is 17.6. The summed E-state index contributed by atoms with van der Waals surface area (Å²) in [4.78, 5) is 35.5. The number of carbonyl (C=O) groups excluding carboxylic acids is 2. The maximum atomic E-state index is 11.9. The Morgan fingerprint density at radius 3 is 2.05 bits per heavy atom. The molecule has 0 aromatic heterocycles. The van der Waals surface area contributed by atoms with Crippen LogP contribution in [-0.4, -0.2) is 29.4 Å². The van der Waals surface area contributed by atoms with Crippen molar-refractivity contribution in [1.82, 2.24) is 0 Å². The van der Waals surface area contributed by atoms with Crippen LogP contribution in [0.25, 0.3) is 0 Å². The van der Waals surface area contributed by atoms with Crippen LogP contribution in [-0.2, 0) is 19.1 Å². The van der Waals surface area contributed by atoms with Gasteiger partial charge in [0, 0.05) is 5.41 Å². The van der Waals surface area contributed by atoms with Crippen molar-refractivity contribution in [2.24, 2.45) is 16.7 Å². The lowest BCUT2D eigenvalue weighted by Gasteiger charge is -2.36. The molecule has 3 unspecified atom stereocenters. The second kappa shape index (κ2) is 8.30. The van der Waals surface area contributed by atoms with E-state index in [0.717, 1.165) is 6.42 Å². The van der Waals surface area contributed by atoms with E-state index in [1.54, 1.807) is 20.8 Å². The highest BCUT2D eigenvalue weighted by atomic mass is 16.5. The monoisotopic (exact) mass is 314 g/mol. The summed E-state index contributed by atoms with van der Waals surface area (Å²) in [5, 5.41) is 9.62. The molecule has 3 atom stereocenters. The summed E-state index contributed by atoms with van der Waals surface area (Å²) in [5.41, 5.74) is -1.83. The van der Waals surface area contributed by atoms with E-state index in [4.69, 9.17) is 4.74 Å². The molecule has 0 bridgehead atoms. The van der Waals surface area contributed by atoms with Crippen LogP contribution >= 0.6 is 0 Å². The summed E-state index contributed by atoms with van der Waals surface area (Å²) in [7, 11) is 0. The molecule has 1 N–H and O–H groups in total. The van der Waals surface area contributed by atoms with Gasteiger partial charge in [-0.1, -0.05) is 27.7 Å². The molecule has 0 aliphatic carbocycles. The fraction of sp³-hybridized carbons (Fsp3) is 0.824. The van der Waals surface area contributed by atoms with Crippen LogP contribution in [0, 0.1) is 16.7 Å². The van der Waals surface area contributed by atoms with Gasteiger partial charge in [-0.3, -0.25) is 14.4 Å². The lowest BCUT2D eigenvalue weighted by molar-refractivity contribution is -0.156. The van der Waals surface area contributed by atoms with Crippen LogP contribution in [0.3, 0.4) is 0 Å². The molecule has 5 nitrogen and oxygen atoms in total. The molecule has 22 heavy (non-hydrogen) atoms. The number of rotatable bonds is 10. The minimum atomic E-state index is -1.14. The van der Waals surface area contributed by atoms with Gasteiger partial charge in [-0.05, 0) is 39.5 Å². The minimum Gasteiger partial charge on any atom is -0.481 e. The van der Waals surface area contributed by atoms with Gasteiger partial charge in [0.2, 0.25) is 0 Å². The molecule has 0 aromatic rings. The number of carbonyl (C=O) groups is 3. The predicted molar refractivity (Wildman–Crippen MR) is 84.5 cm³/mol. The second-order valence-electron chi connectivity index (χ2n) is 6.79. The molecule has 0 aromatic carbocycles. The Balaban J connectivity index is 5.15. The Bertz CT molecular complexity index is 417. The predicted octanol–water partition coefficient (Wildman–Crippen LogP) is 3.45. The van der Waals surface area contributed by atoms with Gasteiger partial charge >= 0.3 is 11.9 Å². The van der Waals surface area contributed by atoms with E-state index in [-0.39, 0.29) is 24.6 Å². The summed E-state index contributed by atoms with van der Waals surface area (Å²) < 4.78 is 5.08. The average molecular weight is 314 g/mol. The van der Waals surface area contributed by atoms with Crippen LogP contribution in [0.4, 0.5) is 0 Å². The summed E-state index contributed by atoms with van der Waals surface area (Å²) in [6.45, 7) is 10.7. The first-order valence-corrected chi connectivity index (χ1v) is 7.93. The molecule has 0 heterocycles. The Hall–Kier alpha value is -1.39. The van der Waals surface area contributed by atoms with Crippen LogP contribution < -0.4 is 0 Å². The maximum absolute atomic E-state index is 11.9. The number of Topliss-reactive ketones (excluding diaryl/α,β-unsaturated/α-hetero) is 1. The van der Waals surface area contributed by atoms with E-state index in [1.165, 1.54) is 6.92 Å². The molecular weight excluding hydrogens is 284 g/mol. The maximum Gasteiger partial charge on any atom is 0.309 e. The number of carboxylic acid groups (broad SMARTS) is 1. The van der Waals surface area contributed by atoms with Gasteiger partial charge in [0.05, 0.1) is 17.9 Å². The quantitative estimate of drug-likeness (QED) is 0.625. The molecule has 0 aliphatic rings. The molecule has 128 valence electrons. The molecular formula is C17H30O5. The number of esters is 1. The second-order valence-corrected chi connectivity index (χ2v) is 6.79. The van der Waals surface area contributed by atoms with Crippen molar-refractivity contribution in [2.75, 3.05) is 6.61 Å². The summed E-state index contributed by atoms with van der Waals surface area (Å²) in [5.74, 6) is -1.90. The molecule has 0 aliphatic heterocycles. The summed E-state index contributed by atoms with van der Waals surface area (Å²) in [6.07, 6.45) is 1.67. The summed E-state index contributed by atoms with van der Waals surface area (Å²) in [6, 6.07) is 0. The molecule has 0 spiro atoms. The van der Waals surface area contributed by atoms with E-state index in [1.807, 2.05) is 13.8 Å². The van der Waals surface area contributed by atoms with Crippen molar-refractivity contribution in [3.05, 3.63) is 0 Å². The lowest BCUT2D eigenvalue weighted by Crippen LogP contribution is -2.39. The van der Waals surface area contributed by atoms with E-state index in [0.29, 0.717) is 13.0 Å². The molecule has 0 amide bonds. The zero-order valence-electron chi connectivity index (χ0n) is 14.7. The molecule has 0 radical (unpaired) electrons. The first kappa shape index (κ1) is 20.6. The van der Waals surface area contributed by atoms with Crippen molar-refractivity contribution in [2.45, 2.75) is 67.2 Å². The van der Waals surface area contributed by atoms with Gasteiger partial charge in [0.25, 0.3) is 0 Å². The number of carboxylic acids is 1. The van der Waals surface area contributed by atoms with Crippen LogP contribution in [0.2, 0.25) is 0 Å².